The van der Waals surface area contributed by atoms with Crippen molar-refractivity contribution in [1.82, 2.24) is 0 Å². The van der Waals surface area contributed by atoms with E-state index in [1.54, 1.807) is 0 Å². The lowest BCUT2D eigenvalue weighted by Crippen LogP contribution is -2.42. The Kier molecular flexibility index (Phi) is 7.89. The summed E-state index contributed by atoms with van der Waals surface area (Å²) in [4.78, 5) is 0. The van der Waals surface area contributed by atoms with E-state index in [1.807, 2.05) is 0 Å². The van der Waals surface area contributed by atoms with Gasteiger partial charge in [-0.05, 0) is 36.4 Å². The molecule has 0 fully saturated rings. The van der Waals surface area contributed by atoms with Gasteiger partial charge >= 0.3 is 0 Å². The van der Waals surface area contributed by atoms with Gasteiger partial charge in [0.15, 0.2) is 8.32 Å². The molecule has 0 unspecified atom stereocenters. The molecule has 0 radical (unpaired) electrons. The zero-order valence-electron chi connectivity index (χ0n) is 15.8. The Hall–Kier alpha value is -0.123. The van der Waals surface area contributed by atoms with Gasteiger partial charge in [-0.15, -0.1) is 0 Å². The minimum Gasteiger partial charge on any atom is -0.416 e. The predicted molar refractivity (Wildman–Crippen MR) is 96.1 cm³/mol. The van der Waals surface area contributed by atoms with Crippen molar-refractivity contribution in [3.8, 4) is 0 Å². The highest BCUT2D eigenvalue weighted by Crippen LogP contribution is 2.37. The van der Waals surface area contributed by atoms with Gasteiger partial charge in [0, 0.05) is 12.5 Å². The van der Waals surface area contributed by atoms with Crippen molar-refractivity contribution in [3.63, 3.8) is 0 Å². The standard InChI is InChI=1S/C18H38O2Si/c1-13(2)16(15(5)11-17(19)14(3)4)12-20-21(9,10)18(6,7)8/h13-14,16-17,19H,5,11-12H2,1-4,6-10H3/t16-,17+/m0/s1. The molecule has 0 aliphatic heterocycles. The maximum Gasteiger partial charge on any atom is 0.192 e. The summed E-state index contributed by atoms with van der Waals surface area (Å²) in [6.45, 7) is 24.9. The van der Waals surface area contributed by atoms with Crippen LogP contribution in [0.5, 0.6) is 0 Å². The van der Waals surface area contributed by atoms with Crippen LogP contribution in [0.4, 0.5) is 0 Å². The fourth-order valence-electron chi connectivity index (χ4n) is 1.95. The largest absolute Gasteiger partial charge is 0.416 e. The summed E-state index contributed by atoms with van der Waals surface area (Å²) < 4.78 is 6.38. The van der Waals surface area contributed by atoms with E-state index in [4.69, 9.17) is 4.43 Å². The van der Waals surface area contributed by atoms with Crippen molar-refractivity contribution in [2.45, 2.75) is 79.1 Å². The molecular formula is C18H38O2Si. The third-order valence-electron chi connectivity index (χ3n) is 5.00. The quantitative estimate of drug-likeness (QED) is 0.490. The molecule has 0 aromatic rings. The molecule has 0 bridgehead atoms. The van der Waals surface area contributed by atoms with E-state index in [0.29, 0.717) is 18.3 Å². The van der Waals surface area contributed by atoms with Crippen LogP contribution in [0, 0.1) is 17.8 Å². The Morgan fingerprint density at radius 1 is 1.10 bits per heavy atom. The summed E-state index contributed by atoms with van der Waals surface area (Å²) in [5.74, 6) is 1.09. The molecule has 0 aliphatic carbocycles. The number of rotatable bonds is 8. The van der Waals surface area contributed by atoms with Crippen molar-refractivity contribution in [3.05, 3.63) is 12.2 Å². The van der Waals surface area contributed by atoms with E-state index in [0.717, 1.165) is 12.2 Å². The molecule has 0 spiro atoms. The van der Waals surface area contributed by atoms with E-state index in [1.165, 1.54) is 0 Å². The third kappa shape index (κ3) is 6.66. The minimum absolute atomic E-state index is 0.229. The number of aliphatic hydroxyl groups is 1. The van der Waals surface area contributed by atoms with Gasteiger partial charge < -0.3 is 9.53 Å². The van der Waals surface area contributed by atoms with Crippen molar-refractivity contribution in [2.24, 2.45) is 17.8 Å². The molecule has 1 N–H and O–H groups in total. The molecule has 0 amide bonds. The molecule has 0 heterocycles. The van der Waals surface area contributed by atoms with Crippen LogP contribution in [-0.4, -0.2) is 26.1 Å². The van der Waals surface area contributed by atoms with Crippen LogP contribution < -0.4 is 0 Å². The van der Waals surface area contributed by atoms with Gasteiger partial charge in [0.1, 0.15) is 0 Å². The summed E-state index contributed by atoms with van der Waals surface area (Å²) in [7, 11) is -1.72. The highest BCUT2D eigenvalue weighted by Gasteiger charge is 2.38. The van der Waals surface area contributed by atoms with E-state index >= 15 is 0 Å². The molecular weight excluding hydrogens is 276 g/mol. The first kappa shape index (κ1) is 20.9. The summed E-state index contributed by atoms with van der Waals surface area (Å²) in [6.07, 6.45) is 0.382. The fraction of sp³-hybridized carbons (Fsp3) is 0.889. The van der Waals surface area contributed by atoms with Gasteiger partial charge in [-0.1, -0.05) is 60.6 Å². The zero-order valence-corrected chi connectivity index (χ0v) is 16.8. The molecule has 21 heavy (non-hydrogen) atoms. The molecule has 3 heteroatoms. The van der Waals surface area contributed by atoms with Gasteiger partial charge in [-0.3, -0.25) is 0 Å². The van der Waals surface area contributed by atoms with Crippen molar-refractivity contribution in [2.75, 3.05) is 6.61 Å². The van der Waals surface area contributed by atoms with Gasteiger partial charge in [0.05, 0.1) is 6.10 Å². The van der Waals surface area contributed by atoms with E-state index in [2.05, 4.69) is 68.1 Å². The normalized spacial score (nSPS) is 16.4. The lowest BCUT2D eigenvalue weighted by atomic mass is 9.85. The van der Waals surface area contributed by atoms with Crippen LogP contribution in [0.3, 0.4) is 0 Å². The predicted octanol–water partition coefficient (Wildman–Crippen LogP) is 5.24. The average molecular weight is 315 g/mol. The molecule has 126 valence electrons. The van der Waals surface area contributed by atoms with Crippen LogP contribution in [-0.2, 0) is 4.43 Å². The summed E-state index contributed by atoms with van der Waals surface area (Å²) in [5.41, 5.74) is 1.13. The second kappa shape index (κ2) is 7.93. The van der Waals surface area contributed by atoms with Crippen molar-refractivity contribution < 1.29 is 9.53 Å². The van der Waals surface area contributed by atoms with Gasteiger partial charge in [0.25, 0.3) is 0 Å². The third-order valence-corrected chi connectivity index (χ3v) is 9.50. The Balaban J connectivity index is 4.76. The first-order chi connectivity index (χ1) is 9.29. The Morgan fingerprint density at radius 2 is 1.57 bits per heavy atom. The van der Waals surface area contributed by atoms with Crippen LogP contribution in [0.2, 0.25) is 18.1 Å². The summed E-state index contributed by atoms with van der Waals surface area (Å²) >= 11 is 0. The summed E-state index contributed by atoms with van der Waals surface area (Å²) in [6, 6.07) is 0. The Bertz CT molecular complexity index is 327. The highest BCUT2D eigenvalue weighted by molar-refractivity contribution is 6.74. The second-order valence-electron chi connectivity index (χ2n) is 8.60. The topological polar surface area (TPSA) is 29.5 Å². The molecule has 0 saturated heterocycles. The van der Waals surface area contributed by atoms with Crippen molar-refractivity contribution >= 4 is 8.32 Å². The molecule has 0 aliphatic rings. The fourth-order valence-corrected chi connectivity index (χ4v) is 2.98. The van der Waals surface area contributed by atoms with Crippen LogP contribution in [0.1, 0.15) is 54.9 Å². The maximum atomic E-state index is 10.1. The Labute approximate surface area is 134 Å². The van der Waals surface area contributed by atoms with Gasteiger partial charge in [-0.25, -0.2) is 0 Å². The molecule has 0 rings (SSSR count). The number of aliphatic hydroxyl groups excluding tert-OH is 1. The van der Waals surface area contributed by atoms with Crippen LogP contribution in [0.25, 0.3) is 0 Å². The number of hydrogen-bond donors (Lipinski definition) is 1. The lowest BCUT2D eigenvalue weighted by molar-refractivity contribution is 0.117. The molecule has 0 saturated carbocycles. The summed E-state index contributed by atoms with van der Waals surface area (Å²) in [5, 5.41) is 10.3. The molecule has 2 atom stereocenters. The SMILES string of the molecule is C=C(C[C@@H](O)C(C)C)[C@@H](CO[Si](C)(C)C(C)(C)C)C(C)C. The Morgan fingerprint density at radius 3 is 1.90 bits per heavy atom. The minimum atomic E-state index is -1.72. The van der Waals surface area contributed by atoms with E-state index in [9.17, 15) is 5.11 Å². The monoisotopic (exact) mass is 314 g/mol. The smallest absolute Gasteiger partial charge is 0.192 e. The molecule has 0 aromatic carbocycles. The zero-order chi connectivity index (χ0) is 17.0. The van der Waals surface area contributed by atoms with Gasteiger partial charge in [0.2, 0.25) is 0 Å². The van der Waals surface area contributed by atoms with E-state index < -0.39 is 8.32 Å². The molecule has 0 aromatic heterocycles. The van der Waals surface area contributed by atoms with Crippen molar-refractivity contribution in [1.29, 1.82) is 0 Å². The van der Waals surface area contributed by atoms with Crippen LogP contribution >= 0.6 is 0 Å². The van der Waals surface area contributed by atoms with Gasteiger partial charge in [-0.2, -0.15) is 0 Å². The maximum absolute atomic E-state index is 10.1. The average Bonchev–Trinajstić information content (AvgIpc) is 2.26. The van der Waals surface area contributed by atoms with Crippen LogP contribution in [0.15, 0.2) is 12.2 Å². The first-order valence-electron chi connectivity index (χ1n) is 8.29. The van der Waals surface area contributed by atoms with E-state index in [-0.39, 0.29) is 17.1 Å². The highest BCUT2D eigenvalue weighted by atomic mass is 28.4. The lowest BCUT2D eigenvalue weighted by Gasteiger charge is -2.38. The molecule has 2 nitrogen and oxygen atoms in total. The number of hydrogen-bond acceptors (Lipinski definition) is 2. The second-order valence-corrected chi connectivity index (χ2v) is 13.4. The first-order valence-corrected chi connectivity index (χ1v) is 11.2.